The molecule has 0 aliphatic heterocycles. The van der Waals surface area contributed by atoms with Gasteiger partial charge in [-0.05, 0) is 36.9 Å². The van der Waals surface area contributed by atoms with Crippen molar-refractivity contribution >= 4 is 5.91 Å². The zero-order valence-electron chi connectivity index (χ0n) is 11.4. The molecule has 2 N–H and O–H groups in total. The highest BCUT2D eigenvalue weighted by Gasteiger charge is 2.04. The zero-order valence-corrected chi connectivity index (χ0v) is 11.4. The summed E-state index contributed by atoms with van der Waals surface area (Å²) in [5.41, 5.74) is 1.11. The summed E-state index contributed by atoms with van der Waals surface area (Å²) in [6.07, 6.45) is 1.57. The van der Waals surface area contributed by atoms with Crippen LogP contribution in [0.25, 0.3) is 0 Å². The van der Waals surface area contributed by atoms with Crippen molar-refractivity contribution in [3.05, 3.63) is 54.0 Å². The molecule has 20 heavy (non-hydrogen) atoms. The molecule has 2 aromatic rings. The third kappa shape index (κ3) is 4.44. The van der Waals surface area contributed by atoms with Crippen molar-refractivity contribution in [3.63, 3.8) is 0 Å². The number of carbonyl (C=O) groups is 1. The molecule has 0 aliphatic carbocycles. The predicted octanol–water partition coefficient (Wildman–Crippen LogP) is 1.69. The third-order valence-electron chi connectivity index (χ3n) is 2.69. The van der Waals surface area contributed by atoms with Crippen LogP contribution >= 0.6 is 0 Å². The summed E-state index contributed by atoms with van der Waals surface area (Å²) < 4.78 is 10.6. The fraction of sp³-hybridized carbons (Fsp3) is 0.267. The number of rotatable bonds is 7. The average molecular weight is 274 g/mol. The van der Waals surface area contributed by atoms with E-state index in [1.54, 1.807) is 12.3 Å². The van der Waals surface area contributed by atoms with Gasteiger partial charge in [-0.3, -0.25) is 4.79 Å². The minimum atomic E-state index is -0.180. The number of amides is 1. The van der Waals surface area contributed by atoms with Gasteiger partial charge in [0, 0.05) is 6.54 Å². The first-order valence-electron chi connectivity index (χ1n) is 6.43. The lowest BCUT2D eigenvalue weighted by Crippen LogP contribution is -2.28. The van der Waals surface area contributed by atoms with Crippen LogP contribution in [0.4, 0.5) is 0 Å². The normalized spacial score (nSPS) is 10.2. The van der Waals surface area contributed by atoms with Gasteiger partial charge in [0.2, 0.25) is 0 Å². The number of hydrogen-bond donors (Lipinski definition) is 2. The maximum Gasteiger partial charge on any atom is 0.258 e. The molecule has 0 atom stereocenters. The van der Waals surface area contributed by atoms with Crippen molar-refractivity contribution < 1.29 is 13.9 Å². The average Bonchev–Trinajstić information content (AvgIpc) is 2.97. The van der Waals surface area contributed by atoms with E-state index >= 15 is 0 Å². The van der Waals surface area contributed by atoms with Gasteiger partial charge in [0.1, 0.15) is 11.5 Å². The Morgan fingerprint density at radius 3 is 2.90 bits per heavy atom. The van der Waals surface area contributed by atoms with E-state index in [9.17, 15) is 4.79 Å². The van der Waals surface area contributed by atoms with Gasteiger partial charge in [0.25, 0.3) is 5.91 Å². The summed E-state index contributed by atoms with van der Waals surface area (Å²) in [7, 11) is 1.88. The largest absolute Gasteiger partial charge is 0.484 e. The van der Waals surface area contributed by atoms with E-state index in [4.69, 9.17) is 9.15 Å². The molecule has 0 radical (unpaired) electrons. The quantitative estimate of drug-likeness (QED) is 0.806. The number of ether oxygens (including phenoxy) is 1. The molecule has 0 spiro atoms. The standard InChI is InChI=1S/C15H18N2O3/c1-16-9-12-4-2-5-13(8-12)20-11-15(18)17-10-14-6-3-7-19-14/h2-8,16H,9-11H2,1H3,(H,17,18). The van der Waals surface area contributed by atoms with Gasteiger partial charge >= 0.3 is 0 Å². The van der Waals surface area contributed by atoms with E-state index in [0.717, 1.165) is 17.9 Å². The molecule has 5 nitrogen and oxygen atoms in total. The Morgan fingerprint density at radius 2 is 2.15 bits per heavy atom. The van der Waals surface area contributed by atoms with Crippen LogP contribution in [-0.4, -0.2) is 19.6 Å². The molecule has 1 aromatic heterocycles. The number of furan rings is 1. The van der Waals surface area contributed by atoms with E-state index in [2.05, 4.69) is 10.6 Å². The lowest BCUT2D eigenvalue weighted by molar-refractivity contribution is -0.123. The second-order valence-electron chi connectivity index (χ2n) is 4.32. The summed E-state index contributed by atoms with van der Waals surface area (Å²) in [5, 5.41) is 5.79. The van der Waals surface area contributed by atoms with Gasteiger partial charge in [-0.25, -0.2) is 0 Å². The Labute approximate surface area is 117 Å². The van der Waals surface area contributed by atoms with Gasteiger partial charge in [-0.1, -0.05) is 12.1 Å². The fourth-order valence-corrected chi connectivity index (χ4v) is 1.75. The van der Waals surface area contributed by atoms with E-state index in [-0.39, 0.29) is 12.5 Å². The number of benzene rings is 1. The van der Waals surface area contributed by atoms with Crippen LogP contribution in [-0.2, 0) is 17.9 Å². The zero-order chi connectivity index (χ0) is 14.2. The summed E-state index contributed by atoms with van der Waals surface area (Å²) in [5.74, 6) is 1.22. The van der Waals surface area contributed by atoms with Crippen molar-refractivity contribution in [3.8, 4) is 5.75 Å². The van der Waals surface area contributed by atoms with Gasteiger partial charge in [-0.2, -0.15) is 0 Å². The van der Waals surface area contributed by atoms with Crippen LogP contribution in [0.2, 0.25) is 0 Å². The van der Waals surface area contributed by atoms with Crippen molar-refractivity contribution in [1.82, 2.24) is 10.6 Å². The number of carbonyl (C=O) groups excluding carboxylic acids is 1. The molecule has 1 heterocycles. The summed E-state index contributed by atoms with van der Waals surface area (Å²) in [4.78, 5) is 11.6. The van der Waals surface area contributed by atoms with Crippen LogP contribution in [0.5, 0.6) is 5.75 Å². The molecule has 1 amide bonds. The van der Waals surface area contributed by atoms with Crippen LogP contribution < -0.4 is 15.4 Å². The van der Waals surface area contributed by atoms with Gasteiger partial charge in [-0.15, -0.1) is 0 Å². The van der Waals surface area contributed by atoms with E-state index < -0.39 is 0 Å². The maximum atomic E-state index is 11.6. The fourth-order valence-electron chi connectivity index (χ4n) is 1.75. The van der Waals surface area contributed by atoms with E-state index in [1.807, 2.05) is 37.4 Å². The summed E-state index contributed by atoms with van der Waals surface area (Å²) in [6.45, 7) is 1.13. The third-order valence-corrected chi connectivity index (χ3v) is 2.69. The van der Waals surface area contributed by atoms with Crippen molar-refractivity contribution in [1.29, 1.82) is 0 Å². The second-order valence-corrected chi connectivity index (χ2v) is 4.32. The summed E-state index contributed by atoms with van der Waals surface area (Å²) >= 11 is 0. The maximum absolute atomic E-state index is 11.6. The van der Waals surface area contributed by atoms with Gasteiger partial charge in [0.05, 0.1) is 12.8 Å². The number of hydrogen-bond acceptors (Lipinski definition) is 4. The van der Waals surface area contributed by atoms with Crippen molar-refractivity contribution in [2.45, 2.75) is 13.1 Å². The van der Waals surface area contributed by atoms with E-state index in [1.165, 1.54) is 0 Å². The Hall–Kier alpha value is -2.27. The molecular weight excluding hydrogens is 256 g/mol. The lowest BCUT2D eigenvalue weighted by atomic mass is 10.2. The molecule has 0 bridgehead atoms. The highest BCUT2D eigenvalue weighted by atomic mass is 16.5. The van der Waals surface area contributed by atoms with Gasteiger partial charge in [0.15, 0.2) is 6.61 Å². The molecule has 0 fully saturated rings. The first-order chi connectivity index (χ1) is 9.78. The topological polar surface area (TPSA) is 63.5 Å². The lowest BCUT2D eigenvalue weighted by Gasteiger charge is -2.08. The van der Waals surface area contributed by atoms with Crippen molar-refractivity contribution in [2.24, 2.45) is 0 Å². The molecule has 2 rings (SSSR count). The van der Waals surface area contributed by atoms with Crippen molar-refractivity contribution in [2.75, 3.05) is 13.7 Å². The van der Waals surface area contributed by atoms with Crippen LogP contribution in [0.15, 0.2) is 47.1 Å². The highest BCUT2D eigenvalue weighted by molar-refractivity contribution is 5.77. The minimum Gasteiger partial charge on any atom is -0.484 e. The van der Waals surface area contributed by atoms with Crippen LogP contribution in [0, 0.1) is 0 Å². The van der Waals surface area contributed by atoms with Crippen LogP contribution in [0.1, 0.15) is 11.3 Å². The smallest absolute Gasteiger partial charge is 0.258 e. The monoisotopic (exact) mass is 274 g/mol. The molecule has 5 heteroatoms. The summed E-state index contributed by atoms with van der Waals surface area (Å²) in [6, 6.07) is 11.2. The molecule has 0 unspecified atom stereocenters. The number of nitrogens with one attached hydrogen (secondary N) is 2. The Kier molecular flexibility index (Phi) is 5.20. The minimum absolute atomic E-state index is 0.0102. The van der Waals surface area contributed by atoms with E-state index in [0.29, 0.717) is 12.3 Å². The first-order valence-corrected chi connectivity index (χ1v) is 6.43. The second kappa shape index (κ2) is 7.35. The molecule has 1 aromatic carbocycles. The molecular formula is C15H18N2O3. The Balaban J connectivity index is 1.76. The first kappa shape index (κ1) is 14.1. The molecule has 0 saturated heterocycles. The Morgan fingerprint density at radius 1 is 1.25 bits per heavy atom. The molecule has 0 saturated carbocycles. The molecule has 0 aliphatic rings. The van der Waals surface area contributed by atoms with Crippen LogP contribution in [0.3, 0.4) is 0 Å². The SMILES string of the molecule is CNCc1cccc(OCC(=O)NCc2ccco2)c1. The Bertz CT molecular complexity index is 538. The highest BCUT2D eigenvalue weighted by Crippen LogP contribution is 2.12. The predicted molar refractivity (Wildman–Crippen MR) is 75.3 cm³/mol. The van der Waals surface area contributed by atoms with Gasteiger partial charge < -0.3 is 19.8 Å². The molecule has 106 valence electrons.